The van der Waals surface area contributed by atoms with Crippen molar-refractivity contribution in [3.8, 4) is 5.88 Å². The molecule has 4 aromatic carbocycles. The minimum absolute atomic E-state index is 0.0379. The van der Waals surface area contributed by atoms with Crippen molar-refractivity contribution in [2.45, 2.75) is 122 Å². The molecule has 0 spiro atoms. The average Bonchev–Trinajstić information content (AvgIpc) is 3.03. The number of piperidine rings is 2. The van der Waals surface area contributed by atoms with Gasteiger partial charge in [0.05, 0.1) is 12.4 Å². The Hall–Kier alpha value is -8.68. The molecule has 8 N–H and O–H groups in total. The molecule has 2 fully saturated rings. The van der Waals surface area contributed by atoms with E-state index in [1.54, 1.807) is 56.4 Å². The number of nitrogens with one attached hydrogen (secondary N) is 8. The second-order valence-corrected chi connectivity index (χ2v) is 22.0. The summed E-state index contributed by atoms with van der Waals surface area (Å²) in [7, 11) is 0. The molecule has 0 radical (unpaired) electrons. The van der Waals surface area contributed by atoms with Crippen molar-refractivity contribution < 1.29 is 46.2 Å². The Morgan fingerprint density at radius 3 is 1.40 bits per heavy atom. The minimum atomic E-state index is -1.18. The molecule has 2 saturated heterocycles. The molecule has 4 amide bonds. The van der Waals surface area contributed by atoms with Crippen molar-refractivity contribution in [2.75, 3.05) is 58.1 Å². The Bertz CT molecular complexity index is 3640. The summed E-state index contributed by atoms with van der Waals surface area (Å²) in [6.07, 6.45) is 9.81. The normalized spacial score (nSPS) is 13.1. The molecule has 2 aliphatic rings. The molecule has 2 aliphatic heterocycles. The topological polar surface area (TPSA) is 234 Å². The van der Waals surface area contributed by atoms with E-state index < -0.39 is 41.0 Å². The first kappa shape index (κ1) is 65.9. The van der Waals surface area contributed by atoms with E-state index in [1.807, 2.05) is 41.5 Å². The second kappa shape index (κ2) is 31.6. The summed E-state index contributed by atoms with van der Waals surface area (Å²) in [5.74, 6) is -5.55. The molecule has 0 atom stereocenters. The van der Waals surface area contributed by atoms with Gasteiger partial charge in [-0.1, -0.05) is 73.6 Å². The summed E-state index contributed by atoms with van der Waals surface area (Å²) >= 11 is 1.41. The van der Waals surface area contributed by atoms with Crippen molar-refractivity contribution in [3.05, 3.63) is 143 Å². The highest BCUT2D eigenvalue weighted by atomic mass is 32.2. The molecule has 25 heteroatoms. The third kappa shape index (κ3) is 17.7. The van der Waals surface area contributed by atoms with Crippen LogP contribution in [-0.4, -0.2) is 84.3 Å². The van der Waals surface area contributed by atoms with Gasteiger partial charge in [0.2, 0.25) is 17.6 Å². The first-order valence-electron chi connectivity index (χ1n) is 29.0. The number of amides is 4. The lowest BCUT2D eigenvalue weighted by Gasteiger charge is -2.22. The molecule has 0 saturated carbocycles. The summed E-state index contributed by atoms with van der Waals surface area (Å²) in [6, 6.07) is 19.9. The zero-order valence-corrected chi connectivity index (χ0v) is 50.6. The molecule has 8 aromatic rings. The molecule has 6 heterocycles. The van der Waals surface area contributed by atoms with Crippen LogP contribution in [0.2, 0.25) is 0 Å². The number of halogens is 5. The highest BCUT2D eigenvalue weighted by Crippen LogP contribution is 2.37. The Labute approximate surface area is 505 Å². The van der Waals surface area contributed by atoms with Gasteiger partial charge >= 0.3 is 5.88 Å². The van der Waals surface area contributed by atoms with Gasteiger partial charge in [0, 0.05) is 79.0 Å². The van der Waals surface area contributed by atoms with Crippen LogP contribution in [0.15, 0.2) is 102 Å². The van der Waals surface area contributed by atoms with Gasteiger partial charge in [0.15, 0.2) is 28.7 Å². The Kier molecular flexibility index (Phi) is 23.9. The molecular formula is C62H73F5N14O5S. The zero-order chi connectivity index (χ0) is 62.7. The second-order valence-electron chi connectivity index (χ2n) is 20.7. The van der Waals surface area contributed by atoms with Crippen molar-refractivity contribution >= 4 is 92.4 Å². The van der Waals surface area contributed by atoms with Gasteiger partial charge in [-0.3, -0.25) is 24.1 Å². The SMILES string of the molecule is C1CCNCC1.CC.CCC(=O)Nc1ccc(C(=O)Nc2cc(F)cc(Nc3c(F)c(OF)nc4c(C(C)C)cnn34)c2)cc1.CCC(=O)Nc1ccc(C(=O)Nc2cc(F)cc(Nc3c(F)c(SC4CCNCC4)nc4c(C(C)C)cnn34)c2)cc1. The van der Waals surface area contributed by atoms with Crippen molar-refractivity contribution in [1.29, 1.82) is 0 Å². The van der Waals surface area contributed by atoms with Crippen LogP contribution >= 0.6 is 11.8 Å². The number of hydrogen-bond acceptors (Lipinski definition) is 14. The molecule has 0 unspecified atom stereocenters. The number of aromatic nitrogens is 6. The molecular weight excluding hydrogens is 1150 g/mol. The molecule has 19 nitrogen and oxygen atoms in total. The Morgan fingerprint density at radius 2 is 1.00 bits per heavy atom. The third-order valence-corrected chi connectivity index (χ3v) is 14.9. The Balaban J connectivity index is 0.000000222. The van der Waals surface area contributed by atoms with Crippen LogP contribution < -0.4 is 47.5 Å². The zero-order valence-electron chi connectivity index (χ0n) is 49.8. The van der Waals surface area contributed by atoms with Gasteiger partial charge in [-0.2, -0.15) is 33.0 Å². The predicted molar refractivity (Wildman–Crippen MR) is 332 cm³/mol. The fourth-order valence-electron chi connectivity index (χ4n) is 9.03. The fraction of sp³-hybridized carbons (Fsp3) is 0.355. The Morgan fingerprint density at radius 1 is 0.575 bits per heavy atom. The first-order valence-corrected chi connectivity index (χ1v) is 29.9. The third-order valence-electron chi connectivity index (χ3n) is 13.6. The van der Waals surface area contributed by atoms with Crippen LogP contribution in [0.5, 0.6) is 5.88 Å². The van der Waals surface area contributed by atoms with Crippen molar-refractivity contribution in [2.24, 2.45) is 0 Å². The lowest BCUT2D eigenvalue weighted by atomic mass is 10.1. The number of benzene rings is 4. The number of fused-ring (bicyclic) bond motifs is 2. The predicted octanol–water partition coefficient (Wildman–Crippen LogP) is 13.8. The highest BCUT2D eigenvalue weighted by molar-refractivity contribution is 7.99. The number of rotatable bonds is 17. The first-order chi connectivity index (χ1) is 41.9. The number of carbonyl (C=O) groups excluding carboxylic acids is 4. The maximum Gasteiger partial charge on any atom is 0.304 e. The minimum Gasteiger partial charge on any atom is -0.337 e. The summed E-state index contributed by atoms with van der Waals surface area (Å²) < 4.78 is 75.6. The lowest BCUT2D eigenvalue weighted by Crippen LogP contribution is -2.29. The van der Waals surface area contributed by atoms with Crippen LogP contribution in [0.3, 0.4) is 0 Å². The molecule has 0 aliphatic carbocycles. The molecule has 4 aromatic heterocycles. The maximum atomic E-state index is 16.0. The molecule has 462 valence electrons. The summed E-state index contributed by atoms with van der Waals surface area (Å²) in [6.45, 7) is 19.5. The smallest absolute Gasteiger partial charge is 0.304 e. The monoisotopic (exact) mass is 1220 g/mol. The van der Waals surface area contributed by atoms with E-state index in [1.165, 1.54) is 91.2 Å². The van der Waals surface area contributed by atoms with E-state index >= 15 is 4.39 Å². The van der Waals surface area contributed by atoms with Gasteiger partial charge in [-0.15, -0.1) is 0 Å². The average molecular weight is 1220 g/mol. The van der Waals surface area contributed by atoms with Gasteiger partial charge in [-0.05, 0) is 149 Å². The standard InChI is InChI=1S/C30H33F2N7O2S.C25H23F3N6O3.C5H11N.C2H6/c1-4-25(40)35-20-7-5-18(6-8-20)29(41)37-22-14-19(31)13-21(15-22)36-28-26(32)30(42-23-9-11-33-12-10-23)38-27-24(17(2)3)16-34-39(27)28;1-4-20(35)30-16-7-5-14(6-8-16)24(36)32-18-10-15(26)9-17(11-18)31-23-21(27)25(37-28)33-22-19(13(2)3)12-29-34(22)23;1-2-4-6-5-3-1;1-2/h5-8,13-17,23,33,36H,4,9-12H2,1-3H3,(H,35,40)(H,37,41);5-13,31H,4H2,1-3H3,(H,30,35)(H,32,36);6H,1-5H2;1-2H3. The lowest BCUT2D eigenvalue weighted by molar-refractivity contribution is -0.116. The van der Waals surface area contributed by atoms with Crippen molar-refractivity contribution in [1.82, 2.24) is 39.8 Å². The van der Waals surface area contributed by atoms with Crippen molar-refractivity contribution in [3.63, 3.8) is 0 Å². The van der Waals surface area contributed by atoms with E-state index in [2.05, 4.69) is 67.6 Å². The molecule has 10 rings (SSSR count). The quantitative estimate of drug-likeness (QED) is 0.0313. The van der Waals surface area contributed by atoms with Crippen LogP contribution in [0, 0.1) is 23.3 Å². The summed E-state index contributed by atoms with van der Waals surface area (Å²) in [4.78, 5) is 60.8. The van der Waals surface area contributed by atoms with Gasteiger partial charge < -0.3 is 42.5 Å². The van der Waals surface area contributed by atoms with E-state index in [-0.39, 0.29) is 79.5 Å². The number of nitrogens with zero attached hydrogens (tertiary/aromatic N) is 6. The van der Waals surface area contributed by atoms with Gasteiger partial charge in [0.25, 0.3) is 11.8 Å². The summed E-state index contributed by atoms with van der Waals surface area (Å²) in [5, 5.41) is 31.9. The van der Waals surface area contributed by atoms with E-state index in [0.717, 1.165) is 48.1 Å². The number of carbonyl (C=O) groups is 4. The maximum absolute atomic E-state index is 16.0. The fourth-order valence-corrected chi connectivity index (χ4v) is 10.2. The number of hydrogen-bond donors (Lipinski definition) is 8. The van der Waals surface area contributed by atoms with Crippen LogP contribution in [0.4, 0.5) is 67.8 Å². The number of thioether (sulfide) groups is 1. The largest absolute Gasteiger partial charge is 0.337 e. The van der Waals surface area contributed by atoms with E-state index in [9.17, 15) is 36.9 Å². The number of anilines is 8. The summed E-state index contributed by atoms with van der Waals surface area (Å²) in [5.41, 5.74) is 4.41. The van der Waals surface area contributed by atoms with Gasteiger partial charge in [0.1, 0.15) is 16.7 Å². The molecule has 87 heavy (non-hydrogen) atoms. The van der Waals surface area contributed by atoms with Gasteiger partial charge in [-0.25, -0.2) is 13.8 Å². The molecule has 0 bridgehead atoms. The highest BCUT2D eigenvalue weighted by Gasteiger charge is 2.26. The van der Waals surface area contributed by atoms with Crippen LogP contribution in [0.1, 0.15) is 144 Å². The van der Waals surface area contributed by atoms with Crippen LogP contribution in [-0.2, 0) is 9.59 Å². The van der Waals surface area contributed by atoms with Crippen LogP contribution in [0.25, 0.3) is 11.3 Å². The van der Waals surface area contributed by atoms with E-state index in [4.69, 9.17) is 0 Å². The van der Waals surface area contributed by atoms with E-state index in [0.29, 0.717) is 41.0 Å².